The molecule has 0 fully saturated rings. The van der Waals surface area contributed by atoms with Crippen molar-refractivity contribution < 1.29 is 39.5 Å². The molecule has 178 valence electrons. The number of hydrogen-bond acceptors (Lipinski definition) is 8. The minimum atomic E-state index is -0.808. The van der Waals surface area contributed by atoms with Gasteiger partial charge in [0.1, 0.15) is 0 Å². The van der Waals surface area contributed by atoms with Crippen molar-refractivity contribution in [3.63, 3.8) is 0 Å². The van der Waals surface area contributed by atoms with Gasteiger partial charge in [-0.25, -0.2) is 0 Å². The zero-order valence-electron chi connectivity index (χ0n) is 18.6. The van der Waals surface area contributed by atoms with Crippen LogP contribution in [0.15, 0.2) is 0 Å². The molecule has 8 heteroatoms. The van der Waals surface area contributed by atoms with Crippen molar-refractivity contribution in [1.82, 2.24) is 0 Å². The Balaban J connectivity index is 3.59. The molecule has 0 radical (unpaired) electrons. The predicted octanol–water partition coefficient (Wildman–Crippen LogP) is 2.24. The first-order valence-electron chi connectivity index (χ1n) is 11.3. The zero-order valence-corrected chi connectivity index (χ0v) is 18.6. The molecule has 0 aromatic carbocycles. The van der Waals surface area contributed by atoms with Gasteiger partial charge < -0.3 is 29.9 Å². The van der Waals surface area contributed by atoms with Crippen LogP contribution in [-0.4, -0.2) is 70.0 Å². The minimum Gasteiger partial charge on any atom is -0.466 e. The molecule has 0 amide bonds. The maximum absolute atomic E-state index is 11.6. The van der Waals surface area contributed by atoms with Gasteiger partial charge in [-0.15, -0.1) is 0 Å². The number of hydrogen-bond donors (Lipinski definition) is 4. The number of aliphatic hydroxyl groups is 4. The molecule has 0 spiro atoms. The normalized spacial score (nSPS) is 15.3. The van der Waals surface area contributed by atoms with E-state index in [0.717, 1.165) is 12.8 Å². The second-order valence-corrected chi connectivity index (χ2v) is 7.78. The van der Waals surface area contributed by atoms with Crippen molar-refractivity contribution >= 4 is 11.9 Å². The fraction of sp³-hybridized carbons (Fsp3) is 0.909. The van der Waals surface area contributed by atoms with E-state index in [1.807, 2.05) is 13.8 Å². The highest BCUT2D eigenvalue weighted by Gasteiger charge is 2.16. The van der Waals surface area contributed by atoms with Gasteiger partial charge in [0.2, 0.25) is 0 Å². The van der Waals surface area contributed by atoms with Gasteiger partial charge in [-0.05, 0) is 51.4 Å². The summed E-state index contributed by atoms with van der Waals surface area (Å²) in [5.41, 5.74) is 0. The summed E-state index contributed by atoms with van der Waals surface area (Å²) in [6.45, 7) is 4.36. The molecule has 0 aromatic rings. The zero-order chi connectivity index (χ0) is 22.8. The largest absolute Gasteiger partial charge is 0.466 e. The summed E-state index contributed by atoms with van der Waals surface area (Å²) in [6, 6.07) is 0. The molecule has 0 saturated carbocycles. The molecule has 4 unspecified atom stereocenters. The molecule has 0 heterocycles. The van der Waals surface area contributed by atoms with Crippen LogP contribution in [0.1, 0.15) is 90.9 Å². The minimum absolute atomic E-state index is 0.198. The predicted molar refractivity (Wildman–Crippen MR) is 113 cm³/mol. The van der Waals surface area contributed by atoms with Crippen molar-refractivity contribution in [2.75, 3.05) is 13.2 Å². The number of carbonyl (C=O) groups is 2. The molecule has 0 rings (SSSR count). The second-order valence-electron chi connectivity index (χ2n) is 7.78. The lowest BCUT2D eigenvalue weighted by Crippen LogP contribution is -2.25. The van der Waals surface area contributed by atoms with E-state index in [1.54, 1.807) is 0 Å². The lowest BCUT2D eigenvalue weighted by molar-refractivity contribution is -0.146. The van der Waals surface area contributed by atoms with E-state index in [1.165, 1.54) is 0 Å². The Morgan fingerprint density at radius 2 is 0.933 bits per heavy atom. The third-order valence-electron chi connectivity index (χ3n) is 4.88. The molecule has 8 nitrogen and oxygen atoms in total. The van der Waals surface area contributed by atoms with E-state index in [9.17, 15) is 30.0 Å². The highest BCUT2D eigenvalue weighted by atomic mass is 16.5. The average molecular weight is 435 g/mol. The van der Waals surface area contributed by atoms with Crippen LogP contribution < -0.4 is 0 Å². The van der Waals surface area contributed by atoms with Gasteiger partial charge in [-0.3, -0.25) is 9.59 Å². The molecule has 30 heavy (non-hydrogen) atoms. The smallest absolute Gasteiger partial charge is 0.305 e. The SMILES string of the molecule is CCCC(O)C(O)CCCC(=O)OCCCCOC(=O)CCCC(O)C(O)CCC. The Labute approximate surface area is 180 Å². The van der Waals surface area contributed by atoms with Crippen LogP contribution >= 0.6 is 0 Å². The van der Waals surface area contributed by atoms with Gasteiger partial charge in [0.15, 0.2) is 0 Å². The summed E-state index contributed by atoms with van der Waals surface area (Å²) in [7, 11) is 0. The fourth-order valence-corrected chi connectivity index (χ4v) is 2.99. The van der Waals surface area contributed by atoms with Gasteiger partial charge in [0, 0.05) is 12.8 Å². The molecule has 0 aliphatic heterocycles. The van der Waals surface area contributed by atoms with Crippen molar-refractivity contribution in [3.8, 4) is 0 Å². The van der Waals surface area contributed by atoms with Gasteiger partial charge in [-0.1, -0.05) is 26.7 Å². The Bertz CT molecular complexity index is 403. The number of esters is 2. The van der Waals surface area contributed by atoms with Gasteiger partial charge >= 0.3 is 11.9 Å². The van der Waals surface area contributed by atoms with Gasteiger partial charge in [-0.2, -0.15) is 0 Å². The van der Waals surface area contributed by atoms with Crippen LogP contribution in [-0.2, 0) is 19.1 Å². The summed E-state index contributed by atoms with van der Waals surface area (Å²) >= 11 is 0. The Morgan fingerprint density at radius 1 is 0.600 bits per heavy atom. The van der Waals surface area contributed by atoms with Gasteiger partial charge in [0.25, 0.3) is 0 Å². The lowest BCUT2D eigenvalue weighted by Gasteiger charge is -2.16. The lowest BCUT2D eigenvalue weighted by atomic mass is 10.0. The molecule has 0 bridgehead atoms. The molecule has 0 aromatic heterocycles. The van der Waals surface area contributed by atoms with Crippen molar-refractivity contribution in [2.45, 2.75) is 115 Å². The highest BCUT2D eigenvalue weighted by Crippen LogP contribution is 2.11. The van der Waals surface area contributed by atoms with Crippen molar-refractivity contribution in [2.24, 2.45) is 0 Å². The fourth-order valence-electron chi connectivity index (χ4n) is 2.99. The molecular weight excluding hydrogens is 392 g/mol. The summed E-state index contributed by atoms with van der Waals surface area (Å²) in [4.78, 5) is 23.3. The molecule has 0 saturated heterocycles. The Hall–Kier alpha value is -1.22. The van der Waals surface area contributed by atoms with Crippen molar-refractivity contribution in [3.05, 3.63) is 0 Å². The van der Waals surface area contributed by atoms with Crippen LogP contribution in [0.2, 0.25) is 0 Å². The van der Waals surface area contributed by atoms with Crippen LogP contribution in [0.4, 0.5) is 0 Å². The number of aliphatic hydroxyl groups excluding tert-OH is 4. The maximum Gasteiger partial charge on any atom is 0.305 e. The number of unbranched alkanes of at least 4 members (excludes halogenated alkanes) is 1. The first-order chi connectivity index (χ1) is 14.3. The van der Waals surface area contributed by atoms with E-state index in [4.69, 9.17) is 9.47 Å². The van der Waals surface area contributed by atoms with E-state index in [0.29, 0.717) is 51.4 Å². The van der Waals surface area contributed by atoms with E-state index >= 15 is 0 Å². The Morgan fingerprint density at radius 3 is 1.27 bits per heavy atom. The quantitative estimate of drug-likeness (QED) is 0.180. The summed E-state index contributed by atoms with van der Waals surface area (Å²) in [6.07, 6.45) is 2.77. The van der Waals surface area contributed by atoms with Crippen LogP contribution in [0.3, 0.4) is 0 Å². The standard InChI is InChI=1S/C22H42O8/c1-3-9-17(23)19(25)11-7-13-21(27)29-15-5-6-16-30-22(28)14-8-12-20(26)18(24)10-4-2/h17-20,23-26H,3-16H2,1-2H3. The summed E-state index contributed by atoms with van der Waals surface area (Å²) in [5, 5.41) is 38.8. The second kappa shape index (κ2) is 18.5. The molecule has 4 N–H and O–H groups in total. The van der Waals surface area contributed by atoms with Crippen LogP contribution in [0, 0.1) is 0 Å². The number of carbonyl (C=O) groups excluding carboxylic acids is 2. The summed E-state index contributed by atoms with van der Waals surface area (Å²) in [5.74, 6) is -0.680. The third-order valence-corrected chi connectivity index (χ3v) is 4.88. The van der Waals surface area contributed by atoms with E-state index < -0.39 is 24.4 Å². The highest BCUT2D eigenvalue weighted by molar-refractivity contribution is 5.69. The van der Waals surface area contributed by atoms with Crippen LogP contribution in [0.25, 0.3) is 0 Å². The molecule has 0 aliphatic rings. The molecule has 4 atom stereocenters. The first-order valence-corrected chi connectivity index (χ1v) is 11.3. The summed E-state index contributed by atoms with van der Waals surface area (Å²) < 4.78 is 10.2. The third kappa shape index (κ3) is 15.6. The average Bonchev–Trinajstić information content (AvgIpc) is 2.70. The maximum atomic E-state index is 11.6. The first kappa shape index (κ1) is 28.8. The van der Waals surface area contributed by atoms with Crippen LogP contribution in [0.5, 0.6) is 0 Å². The monoisotopic (exact) mass is 434 g/mol. The van der Waals surface area contributed by atoms with E-state index in [-0.39, 0.29) is 38.0 Å². The van der Waals surface area contributed by atoms with E-state index in [2.05, 4.69) is 0 Å². The number of rotatable bonds is 19. The topological polar surface area (TPSA) is 134 Å². The molecular formula is C22H42O8. The number of ether oxygens (including phenoxy) is 2. The molecule has 0 aliphatic carbocycles. The van der Waals surface area contributed by atoms with Gasteiger partial charge in [0.05, 0.1) is 37.6 Å². The Kier molecular flexibility index (Phi) is 17.8. The van der Waals surface area contributed by atoms with Crippen molar-refractivity contribution in [1.29, 1.82) is 0 Å².